The van der Waals surface area contributed by atoms with E-state index in [2.05, 4.69) is 20.2 Å². The molecule has 3 atom stereocenters. The van der Waals surface area contributed by atoms with Crippen LogP contribution in [-0.2, 0) is 20.8 Å². The highest BCUT2D eigenvalue weighted by Crippen LogP contribution is 2.40. The van der Waals surface area contributed by atoms with Crippen molar-refractivity contribution in [1.29, 1.82) is 0 Å². The van der Waals surface area contributed by atoms with Crippen LogP contribution in [0.5, 0.6) is 5.88 Å². The summed E-state index contributed by atoms with van der Waals surface area (Å²) in [6.45, 7) is 2.77. The molecule has 0 saturated carbocycles. The summed E-state index contributed by atoms with van der Waals surface area (Å²) in [5.41, 5.74) is -2.78. The van der Waals surface area contributed by atoms with E-state index >= 15 is 0 Å². The second-order valence-corrected chi connectivity index (χ2v) is 12.1. The lowest BCUT2D eigenvalue weighted by molar-refractivity contribution is -0.144. The van der Waals surface area contributed by atoms with E-state index in [1.807, 2.05) is 0 Å². The smallest absolute Gasteiger partial charge is 0.421 e. The first-order valence-electron chi connectivity index (χ1n) is 11.3. The average Bonchev–Trinajstić information content (AvgIpc) is 3.04. The molecule has 196 valence electrons. The number of hydrogen-bond donors (Lipinski definition) is 1. The zero-order valence-electron chi connectivity index (χ0n) is 19.8. The number of anilines is 1. The molecule has 2 aliphatic heterocycles. The molecule has 2 aromatic rings. The van der Waals surface area contributed by atoms with Crippen molar-refractivity contribution in [3.05, 3.63) is 41.2 Å². The molecule has 2 aromatic heterocycles. The molecule has 4 rings (SSSR count). The van der Waals surface area contributed by atoms with Crippen LogP contribution in [0.25, 0.3) is 0 Å². The molecule has 0 spiro atoms. The number of ether oxygens (including phenoxy) is 1. The SMILES string of the molecule is CC(C)(Oc1ncc(Cl)cc1C(F)(F)F)C(=O)NC1C[C@H]2CC[C@@H](C1)N2c1ccc(S(C)(=O)=O)cn1. The highest BCUT2D eigenvalue weighted by molar-refractivity contribution is 7.90. The van der Waals surface area contributed by atoms with Crippen LogP contribution in [0, 0.1) is 0 Å². The summed E-state index contributed by atoms with van der Waals surface area (Å²) in [7, 11) is -3.35. The number of sulfone groups is 1. The summed E-state index contributed by atoms with van der Waals surface area (Å²) < 4.78 is 69.1. The highest BCUT2D eigenvalue weighted by Gasteiger charge is 2.44. The van der Waals surface area contributed by atoms with Crippen molar-refractivity contribution in [2.45, 2.75) is 74.3 Å². The van der Waals surface area contributed by atoms with E-state index in [9.17, 15) is 26.4 Å². The van der Waals surface area contributed by atoms with Crippen molar-refractivity contribution in [3.8, 4) is 5.88 Å². The number of alkyl halides is 3. The van der Waals surface area contributed by atoms with Crippen LogP contribution < -0.4 is 15.0 Å². The fraction of sp³-hybridized carbons (Fsp3) is 0.522. The summed E-state index contributed by atoms with van der Waals surface area (Å²) in [6.07, 6.45) is 1.74. The molecule has 1 N–H and O–H groups in total. The molecular weight excluding hydrogens is 521 g/mol. The Hall–Kier alpha value is -2.60. The van der Waals surface area contributed by atoms with Crippen LogP contribution in [0.1, 0.15) is 45.1 Å². The van der Waals surface area contributed by atoms with Crippen molar-refractivity contribution in [2.75, 3.05) is 11.2 Å². The molecule has 0 radical (unpaired) electrons. The van der Waals surface area contributed by atoms with Crippen molar-refractivity contribution >= 4 is 33.2 Å². The van der Waals surface area contributed by atoms with Gasteiger partial charge in [-0.3, -0.25) is 4.79 Å². The number of rotatable bonds is 6. The predicted molar refractivity (Wildman–Crippen MR) is 127 cm³/mol. The Kier molecular flexibility index (Phi) is 6.89. The van der Waals surface area contributed by atoms with Gasteiger partial charge in [-0.1, -0.05) is 11.6 Å². The molecule has 13 heteroatoms. The zero-order chi connectivity index (χ0) is 26.5. The quantitative estimate of drug-likeness (QED) is 0.584. The maximum absolute atomic E-state index is 13.4. The van der Waals surface area contributed by atoms with E-state index in [0.29, 0.717) is 24.7 Å². The lowest BCUT2D eigenvalue weighted by Gasteiger charge is -2.40. The average molecular weight is 547 g/mol. The van der Waals surface area contributed by atoms with Crippen molar-refractivity contribution < 1.29 is 31.1 Å². The maximum atomic E-state index is 13.4. The van der Waals surface area contributed by atoms with Gasteiger partial charge < -0.3 is 15.0 Å². The van der Waals surface area contributed by atoms with E-state index in [1.54, 1.807) is 6.07 Å². The third-order valence-corrected chi connectivity index (χ3v) is 7.81. The van der Waals surface area contributed by atoms with Crippen LogP contribution in [-0.4, -0.2) is 54.3 Å². The van der Waals surface area contributed by atoms with Crippen LogP contribution in [0.4, 0.5) is 19.0 Å². The Morgan fingerprint density at radius 1 is 1.14 bits per heavy atom. The Labute approximate surface area is 212 Å². The minimum Gasteiger partial charge on any atom is -0.461 e. The summed E-state index contributed by atoms with van der Waals surface area (Å²) in [5, 5.41) is 2.73. The highest BCUT2D eigenvalue weighted by atomic mass is 35.5. The molecule has 1 amide bonds. The van der Waals surface area contributed by atoms with Crippen molar-refractivity contribution in [3.63, 3.8) is 0 Å². The van der Waals surface area contributed by atoms with Gasteiger partial charge in [0.1, 0.15) is 11.4 Å². The number of carbonyl (C=O) groups excluding carboxylic acids is 1. The fourth-order valence-electron chi connectivity index (χ4n) is 4.77. The van der Waals surface area contributed by atoms with E-state index in [0.717, 1.165) is 25.3 Å². The van der Waals surface area contributed by atoms with Gasteiger partial charge in [0.2, 0.25) is 5.88 Å². The summed E-state index contributed by atoms with van der Waals surface area (Å²) in [4.78, 5) is 23.3. The van der Waals surface area contributed by atoms with Crippen LogP contribution in [0.15, 0.2) is 35.5 Å². The second-order valence-electron chi connectivity index (χ2n) is 9.67. The van der Waals surface area contributed by atoms with E-state index < -0.39 is 39.0 Å². The monoisotopic (exact) mass is 546 g/mol. The molecule has 36 heavy (non-hydrogen) atoms. The van der Waals surface area contributed by atoms with Crippen molar-refractivity contribution in [1.82, 2.24) is 15.3 Å². The van der Waals surface area contributed by atoms with Crippen LogP contribution in [0.3, 0.4) is 0 Å². The third kappa shape index (κ3) is 5.54. The van der Waals surface area contributed by atoms with Gasteiger partial charge in [-0.25, -0.2) is 18.4 Å². The third-order valence-electron chi connectivity index (χ3n) is 6.50. The minimum atomic E-state index is -4.75. The molecule has 2 fully saturated rings. The molecule has 8 nitrogen and oxygen atoms in total. The summed E-state index contributed by atoms with van der Waals surface area (Å²) >= 11 is 5.67. The lowest BCUT2D eigenvalue weighted by atomic mass is 9.96. The van der Waals surface area contributed by atoms with Gasteiger partial charge in [-0.2, -0.15) is 13.2 Å². The molecule has 2 saturated heterocycles. The Bertz CT molecular complexity index is 1240. The van der Waals surface area contributed by atoms with Gasteiger partial charge in [0.05, 0.1) is 9.92 Å². The molecule has 4 heterocycles. The van der Waals surface area contributed by atoms with Gasteiger partial charge in [0.25, 0.3) is 5.91 Å². The number of piperidine rings is 1. The number of amides is 1. The summed E-state index contributed by atoms with van der Waals surface area (Å²) in [6, 6.07) is 3.90. The number of fused-ring (bicyclic) bond motifs is 2. The molecular formula is C23H26ClF3N4O4S. The standard InChI is InChI=1S/C23H26ClF3N4O4S/c1-22(2,35-20-18(23(25,26)27)8-13(24)11-29-20)21(32)30-14-9-15-4-5-16(10-14)31(15)19-7-6-17(12-28-19)36(3,33)34/h6-8,11-12,14-16H,4-5,9-10H2,1-3H3,(H,30,32)/t14?,15-,16+. The topological polar surface area (TPSA) is 101 Å². The minimum absolute atomic E-state index is 0.0874. The zero-order valence-corrected chi connectivity index (χ0v) is 21.4. The van der Waals surface area contributed by atoms with Gasteiger partial charge >= 0.3 is 6.18 Å². The number of pyridine rings is 2. The molecule has 1 unspecified atom stereocenters. The Balaban J connectivity index is 1.43. The van der Waals surface area contributed by atoms with Crippen LogP contribution >= 0.6 is 11.6 Å². The van der Waals surface area contributed by atoms with Gasteiger partial charge in [0.15, 0.2) is 15.4 Å². The molecule has 0 aromatic carbocycles. The molecule has 2 bridgehead atoms. The number of aromatic nitrogens is 2. The normalized spacial score (nSPS) is 22.4. The first-order chi connectivity index (χ1) is 16.6. The number of nitrogens with one attached hydrogen (secondary N) is 1. The number of nitrogens with zero attached hydrogens (tertiary/aromatic N) is 3. The Morgan fingerprint density at radius 2 is 1.78 bits per heavy atom. The van der Waals surface area contributed by atoms with Crippen molar-refractivity contribution in [2.24, 2.45) is 0 Å². The first kappa shape index (κ1) is 26.5. The molecule has 2 aliphatic rings. The largest absolute Gasteiger partial charge is 0.461 e. The number of hydrogen-bond acceptors (Lipinski definition) is 7. The van der Waals surface area contributed by atoms with Gasteiger partial charge in [-0.05, 0) is 57.7 Å². The number of halogens is 4. The van der Waals surface area contributed by atoms with Gasteiger partial charge in [-0.15, -0.1) is 0 Å². The maximum Gasteiger partial charge on any atom is 0.421 e. The van der Waals surface area contributed by atoms with E-state index in [4.69, 9.17) is 16.3 Å². The van der Waals surface area contributed by atoms with E-state index in [-0.39, 0.29) is 28.0 Å². The summed E-state index contributed by atoms with van der Waals surface area (Å²) in [5.74, 6) is -0.594. The molecule has 0 aliphatic carbocycles. The van der Waals surface area contributed by atoms with Gasteiger partial charge in [0, 0.05) is 36.8 Å². The Morgan fingerprint density at radius 3 is 2.31 bits per heavy atom. The number of carbonyl (C=O) groups is 1. The second kappa shape index (κ2) is 9.37. The first-order valence-corrected chi connectivity index (χ1v) is 13.6. The van der Waals surface area contributed by atoms with E-state index in [1.165, 1.54) is 26.1 Å². The lowest BCUT2D eigenvalue weighted by Crippen LogP contribution is -2.55. The predicted octanol–water partition coefficient (Wildman–Crippen LogP) is 4.03. The fourth-order valence-corrected chi connectivity index (χ4v) is 5.49. The van der Waals surface area contributed by atoms with Crippen LogP contribution in [0.2, 0.25) is 5.02 Å².